The minimum Gasteiger partial charge on any atom is -0.370 e. The topological polar surface area (TPSA) is 50.7 Å². The second-order valence-electron chi connectivity index (χ2n) is 5.98. The summed E-state index contributed by atoms with van der Waals surface area (Å²) in [5.74, 6) is 1.58. The zero-order valence-electron chi connectivity index (χ0n) is 14.4. The molecule has 1 N–H and O–H groups in total. The Morgan fingerprint density at radius 2 is 1.74 bits per heavy atom. The molecule has 23 heavy (non-hydrogen) atoms. The summed E-state index contributed by atoms with van der Waals surface area (Å²) < 4.78 is 0. The molecule has 124 valence electrons. The fourth-order valence-electron chi connectivity index (χ4n) is 2.57. The van der Waals surface area contributed by atoms with E-state index in [1.54, 1.807) is 6.20 Å². The van der Waals surface area contributed by atoms with Crippen LogP contribution in [0, 0.1) is 6.92 Å². The van der Waals surface area contributed by atoms with Crippen LogP contribution in [0.5, 0.6) is 0 Å². The predicted molar refractivity (Wildman–Crippen MR) is 96.5 cm³/mol. The van der Waals surface area contributed by atoms with Gasteiger partial charge in [0, 0.05) is 24.5 Å². The van der Waals surface area contributed by atoms with Gasteiger partial charge in [0.1, 0.15) is 11.5 Å². The van der Waals surface area contributed by atoms with Crippen LogP contribution in [0.4, 0.5) is 5.82 Å². The summed E-state index contributed by atoms with van der Waals surface area (Å²) >= 11 is 0. The molecule has 0 amide bonds. The lowest BCUT2D eigenvalue weighted by atomic mass is 10.1. The third-order valence-electron chi connectivity index (χ3n) is 3.83. The average Bonchev–Trinajstić information content (AvgIpc) is 2.57. The van der Waals surface area contributed by atoms with Crippen LogP contribution in [-0.2, 0) is 0 Å². The van der Waals surface area contributed by atoms with E-state index in [9.17, 15) is 0 Å². The Hall–Kier alpha value is -1.97. The van der Waals surface area contributed by atoms with Gasteiger partial charge in [-0.15, -0.1) is 0 Å². The van der Waals surface area contributed by atoms with Crippen molar-refractivity contribution in [2.45, 2.75) is 58.8 Å². The monoisotopic (exact) mass is 312 g/mol. The van der Waals surface area contributed by atoms with Crippen molar-refractivity contribution in [3.63, 3.8) is 0 Å². The third kappa shape index (κ3) is 6.35. The molecule has 2 aromatic rings. The molecule has 0 aliphatic carbocycles. The first-order valence-electron chi connectivity index (χ1n) is 8.80. The van der Waals surface area contributed by atoms with E-state index in [1.807, 2.05) is 31.2 Å². The van der Waals surface area contributed by atoms with Crippen LogP contribution in [0.15, 0.2) is 30.5 Å². The Kier molecular flexibility index (Phi) is 7.50. The van der Waals surface area contributed by atoms with Crippen LogP contribution < -0.4 is 5.32 Å². The third-order valence-corrected chi connectivity index (χ3v) is 3.83. The summed E-state index contributed by atoms with van der Waals surface area (Å²) in [5, 5.41) is 3.42. The molecule has 0 aliphatic rings. The van der Waals surface area contributed by atoms with Crippen molar-refractivity contribution in [3.05, 3.63) is 36.2 Å². The number of anilines is 1. The Bertz CT molecular complexity index is 569. The number of pyridine rings is 1. The number of unbranched alkanes of at least 4 members (excludes halogenated alkanes) is 6. The summed E-state index contributed by atoms with van der Waals surface area (Å²) in [5.41, 5.74) is 1.78. The number of hydrogen-bond donors (Lipinski definition) is 1. The fourth-order valence-corrected chi connectivity index (χ4v) is 2.57. The van der Waals surface area contributed by atoms with Crippen molar-refractivity contribution in [1.82, 2.24) is 15.0 Å². The lowest BCUT2D eigenvalue weighted by molar-refractivity contribution is 0.596. The van der Waals surface area contributed by atoms with E-state index in [2.05, 4.69) is 27.2 Å². The van der Waals surface area contributed by atoms with Crippen molar-refractivity contribution in [2.24, 2.45) is 0 Å². The van der Waals surface area contributed by atoms with E-state index in [0.29, 0.717) is 5.82 Å². The van der Waals surface area contributed by atoms with Crippen molar-refractivity contribution in [3.8, 4) is 11.5 Å². The molecule has 0 fully saturated rings. The number of aromatic nitrogens is 3. The van der Waals surface area contributed by atoms with Gasteiger partial charge >= 0.3 is 0 Å². The molecule has 0 aliphatic heterocycles. The highest BCUT2D eigenvalue weighted by molar-refractivity contribution is 5.52. The molecule has 0 unspecified atom stereocenters. The largest absolute Gasteiger partial charge is 0.370 e. The molecule has 2 aromatic heterocycles. The highest BCUT2D eigenvalue weighted by Crippen LogP contribution is 2.15. The molecule has 0 aromatic carbocycles. The van der Waals surface area contributed by atoms with Crippen LogP contribution in [0.3, 0.4) is 0 Å². The van der Waals surface area contributed by atoms with Gasteiger partial charge in [-0.05, 0) is 25.5 Å². The van der Waals surface area contributed by atoms with Gasteiger partial charge < -0.3 is 5.32 Å². The molecule has 4 heteroatoms. The van der Waals surface area contributed by atoms with Crippen molar-refractivity contribution in [1.29, 1.82) is 0 Å². The summed E-state index contributed by atoms with van der Waals surface area (Å²) in [4.78, 5) is 13.4. The minimum atomic E-state index is 0.688. The second kappa shape index (κ2) is 9.93. The molecule has 0 saturated carbocycles. The van der Waals surface area contributed by atoms with Crippen LogP contribution in [-0.4, -0.2) is 21.5 Å². The Labute approximate surface area is 139 Å². The summed E-state index contributed by atoms with van der Waals surface area (Å²) in [7, 11) is 0. The van der Waals surface area contributed by atoms with E-state index >= 15 is 0 Å². The van der Waals surface area contributed by atoms with Gasteiger partial charge in [-0.2, -0.15) is 0 Å². The number of rotatable bonds is 10. The Morgan fingerprint density at radius 3 is 2.48 bits per heavy atom. The standard InChI is InChI=1S/C19H28N4/c1-3-4-5-6-7-8-10-14-21-18-15-16(2)22-19(23-18)17-12-9-11-13-20-17/h9,11-13,15H,3-8,10,14H2,1-2H3,(H,21,22,23). The predicted octanol–water partition coefficient (Wildman–Crippen LogP) is 5.01. The first kappa shape index (κ1) is 17.4. The highest BCUT2D eigenvalue weighted by atomic mass is 15.0. The Morgan fingerprint density at radius 1 is 0.957 bits per heavy atom. The lowest BCUT2D eigenvalue weighted by Gasteiger charge is -2.08. The fraction of sp³-hybridized carbons (Fsp3) is 0.526. The van der Waals surface area contributed by atoms with Crippen molar-refractivity contribution < 1.29 is 0 Å². The minimum absolute atomic E-state index is 0.688. The molecule has 0 radical (unpaired) electrons. The molecule has 0 saturated heterocycles. The smallest absolute Gasteiger partial charge is 0.180 e. The van der Waals surface area contributed by atoms with Crippen LogP contribution in [0.1, 0.15) is 57.6 Å². The van der Waals surface area contributed by atoms with Gasteiger partial charge in [0.05, 0.1) is 0 Å². The van der Waals surface area contributed by atoms with Gasteiger partial charge in [-0.3, -0.25) is 4.98 Å². The number of aryl methyl sites for hydroxylation is 1. The zero-order valence-corrected chi connectivity index (χ0v) is 14.4. The SMILES string of the molecule is CCCCCCCCCNc1cc(C)nc(-c2ccccn2)n1. The molecule has 0 bridgehead atoms. The maximum absolute atomic E-state index is 4.58. The quantitative estimate of drug-likeness (QED) is 0.627. The van der Waals surface area contributed by atoms with Crippen LogP contribution in [0.2, 0.25) is 0 Å². The normalized spacial score (nSPS) is 10.7. The van der Waals surface area contributed by atoms with Gasteiger partial charge in [0.2, 0.25) is 0 Å². The van der Waals surface area contributed by atoms with E-state index in [1.165, 1.54) is 44.9 Å². The van der Waals surface area contributed by atoms with E-state index in [0.717, 1.165) is 23.8 Å². The second-order valence-corrected chi connectivity index (χ2v) is 5.98. The number of hydrogen-bond acceptors (Lipinski definition) is 4. The van der Waals surface area contributed by atoms with Crippen molar-refractivity contribution in [2.75, 3.05) is 11.9 Å². The first-order chi connectivity index (χ1) is 11.3. The lowest BCUT2D eigenvalue weighted by Crippen LogP contribution is -2.05. The van der Waals surface area contributed by atoms with E-state index in [4.69, 9.17) is 0 Å². The number of nitrogens with zero attached hydrogens (tertiary/aromatic N) is 3. The molecule has 2 rings (SSSR count). The van der Waals surface area contributed by atoms with Gasteiger partial charge in [-0.1, -0.05) is 51.5 Å². The van der Waals surface area contributed by atoms with Gasteiger partial charge in [0.15, 0.2) is 5.82 Å². The van der Waals surface area contributed by atoms with Crippen molar-refractivity contribution >= 4 is 5.82 Å². The molecular formula is C19H28N4. The zero-order chi connectivity index (χ0) is 16.3. The van der Waals surface area contributed by atoms with E-state index in [-0.39, 0.29) is 0 Å². The molecule has 0 atom stereocenters. The summed E-state index contributed by atoms with van der Waals surface area (Å²) in [6.07, 6.45) is 11.0. The molecule has 0 spiro atoms. The maximum Gasteiger partial charge on any atom is 0.180 e. The van der Waals surface area contributed by atoms with Crippen LogP contribution in [0.25, 0.3) is 11.5 Å². The Balaban J connectivity index is 1.78. The molecule has 2 heterocycles. The van der Waals surface area contributed by atoms with Gasteiger partial charge in [-0.25, -0.2) is 9.97 Å². The van der Waals surface area contributed by atoms with Gasteiger partial charge in [0.25, 0.3) is 0 Å². The summed E-state index contributed by atoms with van der Waals surface area (Å²) in [6.45, 7) is 5.21. The van der Waals surface area contributed by atoms with E-state index < -0.39 is 0 Å². The summed E-state index contributed by atoms with van der Waals surface area (Å²) in [6, 6.07) is 7.79. The first-order valence-corrected chi connectivity index (χ1v) is 8.80. The highest BCUT2D eigenvalue weighted by Gasteiger charge is 2.05. The maximum atomic E-state index is 4.58. The number of nitrogens with one attached hydrogen (secondary N) is 1. The molecular weight excluding hydrogens is 284 g/mol. The van der Waals surface area contributed by atoms with Crippen LogP contribution >= 0.6 is 0 Å². The molecule has 4 nitrogen and oxygen atoms in total. The average molecular weight is 312 g/mol.